The minimum absolute atomic E-state index is 0.108. The van der Waals surface area contributed by atoms with Gasteiger partial charge in [0.15, 0.2) is 0 Å². The van der Waals surface area contributed by atoms with E-state index in [1.165, 1.54) is 0 Å². The molecule has 0 saturated carbocycles. The third-order valence-electron chi connectivity index (χ3n) is 1.93. The molecule has 76 valence electrons. The van der Waals surface area contributed by atoms with Crippen LogP contribution in [0.4, 0.5) is 0 Å². The molecule has 0 fully saturated rings. The molecule has 3 heteroatoms. The molecular formula is C12H12N2O. The number of benzene rings is 1. The topological polar surface area (TPSA) is 56.8 Å². The van der Waals surface area contributed by atoms with Crippen LogP contribution in [0.15, 0.2) is 24.3 Å². The van der Waals surface area contributed by atoms with Crippen LogP contribution < -0.4 is 4.74 Å². The Labute approximate surface area is 89.5 Å². The third-order valence-corrected chi connectivity index (χ3v) is 1.93. The molecule has 0 bridgehead atoms. The van der Waals surface area contributed by atoms with Crippen molar-refractivity contribution in [1.82, 2.24) is 0 Å². The summed E-state index contributed by atoms with van der Waals surface area (Å²) in [5.74, 6) is 0.627. The van der Waals surface area contributed by atoms with Crippen LogP contribution in [0.3, 0.4) is 0 Å². The zero-order chi connectivity index (χ0) is 11.1. The predicted octanol–water partition coefficient (Wildman–Crippen LogP) is 2.29. The van der Waals surface area contributed by atoms with Crippen LogP contribution in [-0.4, -0.2) is 6.61 Å². The Bertz CT molecular complexity index is 384. The molecule has 0 aliphatic heterocycles. The summed E-state index contributed by atoms with van der Waals surface area (Å²) in [7, 11) is 0. The zero-order valence-corrected chi connectivity index (χ0v) is 8.60. The highest BCUT2D eigenvalue weighted by molar-refractivity contribution is 5.28. The number of hydrogen-bond donors (Lipinski definition) is 0. The molecule has 0 spiro atoms. The molecule has 1 rings (SSSR count). The lowest BCUT2D eigenvalue weighted by Gasteiger charge is -2.07. The highest BCUT2D eigenvalue weighted by atomic mass is 16.5. The lowest BCUT2D eigenvalue weighted by molar-refractivity contribution is 0.288. The first-order valence-electron chi connectivity index (χ1n) is 4.74. The van der Waals surface area contributed by atoms with Gasteiger partial charge in [-0.2, -0.15) is 10.5 Å². The van der Waals surface area contributed by atoms with Crippen molar-refractivity contribution in [3.05, 3.63) is 29.8 Å². The van der Waals surface area contributed by atoms with Gasteiger partial charge in [-0.1, -0.05) is 12.1 Å². The molecule has 1 aromatic carbocycles. The summed E-state index contributed by atoms with van der Waals surface area (Å²) in [5, 5.41) is 17.0. The van der Waals surface area contributed by atoms with Crippen molar-refractivity contribution in [2.45, 2.75) is 13.3 Å². The second kappa shape index (κ2) is 5.67. The number of nitrogens with zero attached hydrogens (tertiary/aromatic N) is 2. The molecule has 1 unspecified atom stereocenters. The second-order valence-corrected chi connectivity index (χ2v) is 3.32. The monoisotopic (exact) mass is 200 g/mol. The van der Waals surface area contributed by atoms with Gasteiger partial charge in [-0.3, -0.25) is 0 Å². The van der Waals surface area contributed by atoms with E-state index in [0.717, 1.165) is 11.3 Å². The molecule has 15 heavy (non-hydrogen) atoms. The van der Waals surface area contributed by atoms with Gasteiger partial charge in [-0.05, 0) is 24.6 Å². The second-order valence-electron chi connectivity index (χ2n) is 3.32. The summed E-state index contributed by atoms with van der Waals surface area (Å²) in [6.45, 7) is 2.21. The summed E-state index contributed by atoms with van der Waals surface area (Å²) >= 11 is 0. The molecule has 0 saturated heterocycles. The number of rotatable bonds is 4. The van der Waals surface area contributed by atoms with Crippen LogP contribution >= 0.6 is 0 Å². The van der Waals surface area contributed by atoms with Crippen molar-refractivity contribution in [2.75, 3.05) is 6.61 Å². The predicted molar refractivity (Wildman–Crippen MR) is 56.0 cm³/mol. The largest absolute Gasteiger partial charge is 0.492 e. The average Bonchev–Trinajstić information content (AvgIpc) is 2.28. The van der Waals surface area contributed by atoms with E-state index in [2.05, 4.69) is 12.1 Å². The Kier molecular flexibility index (Phi) is 4.19. The van der Waals surface area contributed by atoms with E-state index in [4.69, 9.17) is 15.3 Å². The van der Waals surface area contributed by atoms with Crippen molar-refractivity contribution < 1.29 is 4.74 Å². The average molecular weight is 200 g/mol. The first-order chi connectivity index (χ1) is 7.26. The maximum atomic E-state index is 8.56. The van der Waals surface area contributed by atoms with Crippen molar-refractivity contribution in [1.29, 1.82) is 10.5 Å². The Morgan fingerprint density at radius 2 is 1.93 bits per heavy atom. The number of hydrogen-bond acceptors (Lipinski definition) is 3. The molecule has 0 N–H and O–H groups in total. The lowest BCUT2D eigenvalue weighted by atomic mass is 10.1. The van der Waals surface area contributed by atoms with Gasteiger partial charge in [-0.25, -0.2) is 0 Å². The SMILES string of the molecule is CC(C#N)COc1ccc(CC#N)cc1. The standard InChI is InChI=1S/C12H12N2O/c1-10(8-14)9-15-12-4-2-11(3-5-12)6-7-13/h2-5,10H,6,9H2,1H3. The third kappa shape index (κ3) is 3.70. The van der Waals surface area contributed by atoms with Gasteiger partial charge in [0.1, 0.15) is 12.4 Å². The molecule has 0 amide bonds. The van der Waals surface area contributed by atoms with E-state index in [-0.39, 0.29) is 5.92 Å². The molecule has 1 atom stereocenters. The summed E-state index contributed by atoms with van der Waals surface area (Å²) in [6, 6.07) is 11.5. The van der Waals surface area contributed by atoms with Crippen LogP contribution in [0.2, 0.25) is 0 Å². The fourth-order valence-corrected chi connectivity index (χ4v) is 1.05. The fourth-order valence-electron chi connectivity index (χ4n) is 1.05. The van der Waals surface area contributed by atoms with E-state index in [9.17, 15) is 0 Å². The van der Waals surface area contributed by atoms with Crippen molar-refractivity contribution >= 4 is 0 Å². The molecule has 0 aromatic heterocycles. The lowest BCUT2D eigenvalue weighted by Crippen LogP contribution is -2.05. The van der Waals surface area contributed by atoms with Crippen molar-refractivity contribution in [3.8, 4) is 17.9 Å². The minimum atomic E-state index is -0.108. The normalized spacial score (nSPS) is 11.1. The van der Waals surface area contributed by atoms with Crippen molar-refractivity contribution in [3.63, 3.8) is 0 Å². The molecule has 0 heterocycles. The molecule has 0 aliphatic carbocycles. The van der Waals surface area contributed by atoms with Gasteiger partial charge in [-0.15, -0.1) is 0 Å². The maximum Gasteiger partial charge on any atom is 0.119 e. The highest BCUT2D eigenvalue weighted by Gasteiger charge is 2.00. The Balaban J connectivity index is 2.51. The maximum absolute atomic E-state index is 8.56. The molecule has 0 radical (unpaired) electrons. The van der Waals surface area contributed by atoms with E-state index in [1.807, 2.05) is 31.2 Å². The molecular weight excluding hydrogens is 188 g/mol. The first-order valence-corrected chi connectivity index (χ1v) is 4.74. The number of nitriles is 2. The van der Waals surface area contributed by atoms with Crippen LogP contribution in [0.25, 0.3) is 0 Å². The molecule has 3 nitrogen and oxygen atoms in total. The highest BCUT2D eigenvalue weighted by Crippen LogP contribution is 2.13. The summed E-state index contributed by atoms with van der Waals surface area (Å²) in [4.78, 5) is 0. The molecule has 0 aliphatic rings. The van der Waals surface area contributed by atoms with Crippen LogP contribution in [0, 0.1) is 28.6 Å². The first kappa shape index (κ1) is 11.1. The van der Waals surface area contributed by atoms with Gasteiger partial charge in [0.2, 0.25) is 0 Å². The smallest absolute Gasteiger partial charge is 0.119 e. The van der Waals surface area contributed by atoms with E-state index in [1.54, 1.807) is 0 Å². The van der Waals surface area contributed by atoms with Crippen LogP contribution in [0.5, 0.6) is 5.75 Å². The van der Waals surface area contributed by atoms with Crippen molar-refractivity contribution in [2.24, 2.45) is 5.92 Å². The van der Waals surface area contributed by atoms with E-state index in [0.29, 0.717) is 13.0 Å². The van der Waals surface area contributed by atoms with Crippen LogP contribution in [0.1, 0.15) is 12.5 Å². The Morgan fingerprint density at radius 1 is 1.27 bits per heavy atom. The summed E-state index contributed by atoms with van der Waals surface area (Å²) in [6.07, 6.45) is 0.412. The quantitative estimate of drug-likeness (QED) is 0.749. The van der Waals surface area contributed by atoms with Gasteiger partial charge < -0.3 is 4.74 Å². The van der Waals surface area contributed by atoms with E-state index >= 15 is 0 Å². The summed E-state index contributed by atoms with van der Waals surface area (Å²) in [5.41, 5.74) is 0.971. The van der Waals surface area contributed by atoms with Gasteiger partial charge in [0.05, 0.1) is 24.5 Å². The van der Waals surface area contributed by atoms with Gasteiger partial charge >= 0.3 is 0 Å². The Hall–Kier alpha value is -2.00. The zero-order valence-electron chi connectivity index (χ0n) is 8.60. The Morgan fingerprint density at radius 3 is 2.47 bits per heavy atom. The van der Waals surface area contributed by atoms with Gasteiger partial charge in [0, 0.05) is 0 Å². The van der Waals surface area contributed by atoms with Crippen LogP contribution in [-0.2, 0) is 6.42 Å². The molecule has 1 aromatic rings. The summed E-state index contributed by atoms with van der Waals surface area (Å²) < 4.78 is 5.39. The van der Waals surface area contributed by atoms with E-state index < -0.39 is 0 Å². The fraction of sp³-hybridized carbons (Fsp3) is 0.333. The minimum Gasteiger partial charge on any atom is -0.492 e. The van der Waals surface area contributed by atoms with Gasteiger partial charge in [0.25, 0.3) is 0 Å². The number of ether oxygens (including phenoxy) is 1.